The van der Waals surface area contributed by atoms with Crippen molar-refractivity contribution in [3.8, 4) is 5.75 Å². The van der Waals surface area contributed by atoms with Crippen LogP contribution in [0.15, 0.2) is 54.3 Å². The number of hydrogen-bond donors (Lipinski definition) is 5. The number of nitrogens with zero attached hydrogens (tertiary/aromatic N) is 1. The van der Waals surface area contributed by atoms with Crippen LogP contribution in [0.2, 0.25) is 0 Å². The summed E-state index contributed by atoms with van der Waals surface area (Å²) in [5.41, 5.74) is -0.0928. The topological polar surface area (TPSA) is 210 Å². The molecule has 2 aliphatic carbocycles. The van der Waals surface area contributed by atoms with Gasteiger partial charge < -0.3 is 49.4 Å². The van der Waals surface area contributed by atoms with Gasteiger partial charge in [0.15, 0.2) is 24.4 Å². The number of esters is 3. The number of likely N-dealkylation sites (tertiary alicyclic amines) is 1. The van der Waals surface area contributed by atoms with Gasteiger partial charge in [0.25, 0.3) is 0 Å². The van der Waals surface area contributed by atoms with Gasteiger partial charge in [0.2, 0.25) is 6.10 Å². The lowest BCUT2D eigenvalue weighted by molar-refractivity contribution is -0.185. The predicted octanol–water partition coefficient (Wildman–Crippen LogP) is 0.413. The van der Waals surface area contributed by atoms with Crippen LogP contribution in [0.4, 0.5) is 0 Å². The zero-order chi connectivity index (χ0) is 34.5. The molecule has 6 rings (SSSR count). The minimum absolute atomic E-state index is 0.0334. The number of carbonyl (C=O) groups excluding carboxylic acids is 3. The SMILES string of the molecule is C[C@H](OC(=O)[C@@H](OC(=O)[C@H](O)[C@@H](O)C(=O)OC1=CC[C@@]2(O)[C@H]3Cc4ccc(CO)c5c4[C@@]2(CCCN3C)[C@H]1O5)c1ccccc1)C(=O)O. The van der Waals surface area contributed by atoms with E-state index in [1.165, 1.54) is 30.3 Å². The van der Waals surface area contributed by atoms with Gasteiger partial charge in [0.05, 0.1) is 17.6 Å². The maximum atomic E-state index is 13.3. The van der Waals surface area contributed by atoms with Crippen LogP contribution in [0.1, 0.15) is 54.5 Å². The monoisotopic (exact) mass is 667 g/mol. The number of aliphatic hydroxyl groups is 4. The molecule has 48 heavy (non-hydrogen) atoms. The van der Waals surface area contributed by atoms with Crippen LogP contribution in [0, 0.1) is 0 Å². The van der Waals surface area contributed by atoms with E-state index in [0.717, 1.165) is 18.1 Å². The fourth-order valence-electron chi connectivity index (χ4n) is 7.67. The van der Waals surface area contributed by atoms with E-state index in [9.17, 15) is 39.6 Å². The second-order valence-corrected chi connectivity index (χ2v) is 12.7. The molecule has 14 nitrogen and oxygen atoms in total. The fourth-order valence-corrected chi connectivity index (χ4v) is 7.67. The average molecular weight is 668 g/mol. The maximum Gasteiger partial charge on any atom is 0.353 e. The van der Waals surface area contributed by atoms with Gasteiger partial charge in [0.1, 0.15) is 11.5 Å². The number of hydrogen-bond acceptors (Lipinski definition) is 13. The Morgan fingerprint density at radius 3 is 2.42 bits per heavy atom. The Labute approximate surface area is 275 Å². The molecular weight excluding hydrogens is 630 g/mol. The Morgan fingerprint density at radius 2 is 1.73 bits per heavy atom. The van der Waals surface area contributed by atoms with Crippen molar-refractivity contribution in [3.05, 3.63) is 76.6 Å². The molecule has 2 aromatic carbocycles. The molecule has 14 heteroatoms. The molecule has 2 aliphatic heterocycles. The largest absolute Gasteiger partial charge is 0.481 e. The van der Waals surface area contributed by atoms with Crippen LogP contribution < -0.4 is 4.74 Å². The lowest BCUT2D eigenvalue weighted by Crippen LogP contribution is -2.69. The highest BCUT2D eigenvalue weighted by Gasteiger charge is 2.71. The smallest absolute Gasteiger partial charge is 0.353 e. The van der Waals surface area contributed by atoms with Crippen molar-refractivity contribution in [3.63, 3.8) is 0 Å². The van der Waals surface area contributed by atoms with Crippen molar-refractivity contribution >= 4 is 23.9 Å². The van der Waals surface area contributed by atoms with Crippen molar-refractivity contribution in [2.75, 3.05) is 13.6 Å². The summed E-state index contributed by atoms with van der Waals surface area (Å²) in [6, 6.07) is 10.8. The first-order valence-electron chi connectivity index (χ1n) is 15.7. The van der Waals surface area contributed by atoms with E-state index in [0.29, 0.717) is 37.1 Å². The number of carboxylic acid groups (broad SMARTS) is 1. The van der Waals surface area contributed by atoms with Gasteiger partial charge in [0, 0.05) is 29.2 Å². The Kier molecular flexibility index (Phi) is 8.81. The highest BCUT2D eigenvalue weighted by molar-refractivity contribution is 5.88. The molecule has 0 amide bonds. The van der Waals surface area contributed by atoms with Crippen molar-refractivity contribution < 1.29 is 63.7 Å². The molecule has 2 aromatic rings. The van der Waals surface area contributed by atoms with Gasteiger partial charge in [-0.2, -0.15) is 0 Å². The van der Waals surface area contributed by atoms with E-state index >= 15 is 0 Å². The number of likely N-dealkylation sites (N-methyl/N-ethyl adjacent to an activating group) is 1. The summed E-state index contributed by atoms with van der Waals surface area (Å²) >= 11 is 0. The highest BCUT2D eigenvalue weighted by atomic mass is 16.6. The molecule has 1 fully saturated rings. The third-order valence-electron chi connectivity index (χ3n) is 10.0. The predicted molar refractivity (Wildman–Crippen MR) is 162 cm³/mol. The third kappa shape index (κ3) is 5.24. The first-order chi connectivity index (χ1) is 22.8. The number of benzene rings is 2. The molecule has 0 unspecified atom stereocenters. The molecular formula is C34H37NO13. The molecule has 256 valence electrons. The number of aliphatic hydroxyl groups excluding tert-OH is 3. The van der Waals surface area contributed by atoms with Crippen LogP contribution in [-0.4, -0.2) is 104 Å². The second-order valence-electron chi connectivity index (χ2n) is 12.7. The van der Waals surface area contributed by atoms with Crippen molar-refractivity contribution in [2.45, 2.75) is 86.8 Å². The van der Waals surface area contributed by atoms with Crippen LogP contribution in [-0.2, 0) is 51.8 Å². The first-order valence-corrected chi connectivity index (χ1v) is 15.7. The van der Waals surface area contributed by atoms with Crippen LogP contribution >= 0.6 is 0 Å². The molecule has 1 spiro atoms. The molecule has 4 aliphatic rings. The minimum Gasteiger partial charge on any atom is -0.481 e. The van der Waals surface area contributed by atoms with Crippen molar-refractivity contribution in [2.24, 2.45) is 0 Å². The first kappa shape index (κ1) is 33.6. The number of ether oxygens (including phenoxy) is 4. The number of carboxylic acids is 1. The van der Waals surface area contributed by atoms with Crippen LogP contribution in [0.3, 0.4) is 0 Å². The van der Waals surface area contributed by atoms with Crippen LogP contribution in [0.5, 0.6) is 5.75 Å². The Balaban J connectivity index is 1.24. The summed E-state index contributed by atoms with van der Waals surface area (Å²) in [5.74, 6) is -5.34. The third-order valence-corrected chi connectivity index (χ3v) is 10.0. The average Bonchev–Trinajstić information content (AvgIpc) is 3.41. The Hall–Kier alpha value is -4.34. The normalized spacial score (nSPS) is 27.9. The minimum atomic E-state index is -2.52. The van der Waals surface area contributed by atoms with E-state index < -0.39 is 65.4 Å². The van der Waals surface area contributed by atoms with Crippen molar-refractivity contribution in [1.82, 2.24) is 4.90 Å². The van der Waals surface area contributed by atoms with Crippen molar-refractivity contribution in [1.29, 1.82) is 0 Å². The second kappa shape index (κ2) is 12.6. The van der Waals surface area contributed by atoms with Gasteiger partial charge in [-0.25, -0.2) is 19.2 Å². The van der Waals surface area contributed by atoms with E-state index in [-0.39, 0.29) is 30.4 Å². The zero-order valence-corrected chi connectivity index (χ0v) is 26.3. The van der Waals surface area contributed by atoms with Gasteiger partial charge >= 0.3 is 23.9 Å². The standard InChI is InChI=1S/C34H37NO13/c1-17(29(39)40)45-32(43)27(18-7-4-3-5-8-18)48-31(42)25(38)24(37)30(41)46-21-11-13-34(44)22-15-19-9-10-20(16-36)26-23(19)33(34,28(21)47-26)12-6-14-35(22)2/h3-5,7-11,17,22,24-25,27-28,36-38,44H,6,12-16H2,1-2H3,(H,39,40)/t17-,22+,24+,25+,27-,28-,33-,34+/m0/s1. The van der Waals surface area contributed by atoms with Crippen LogP contribution in [0.25, 0.3) is 0 Å². The summed E-state index contributed by atoms with van der Waals surface area (Å²) in [6.07, 6.45) is -6.17. The van der Waals surface area contributed by atoms with E-state index in [1.807, 2.05) is 13.1 Å². The lowest BCUT2D eigenvalue weighted by Gasteiger charge is -2.56. The summed E-state index contributed by atoms with van der Waals surface area (Å²) < 4.78 is 22.0. The summed E-state index contributed by atoms with van der Waals surface area (Å²) in [6.45, 7) is 1.47. The molecule has 5 N–H and O–H groups in total. The van der Waals surface area contributed by atoms with Gasteiger partial charge in [-0.3, -0.25) is 0 Å². The fraction of sp³-hybridized carbons (Fsp3) is 0.471. The molecule has 0 radical (unpaired) electrons. The van der Waals surface area contributed by atoms with Gasteiger partial charge in [-0.1, -0.05) is 42.5 Å². The molecule has 1 saturated heterocycles. The van der Waals surface area contributed by atoms with E-state index in [1.54, 1.807) is 12.1 Å². The van der Waals surface area contributed by atoms with Gasteiger partial charge in [-0.15, -0.1) is 0 Å². The lowest BCUT2D eigenvalue weighted by atomic mass is 9.52. The zero-order valence-electron chi connectivity index (χ0n) is 26.3. The Bertz CT molecular complexity index is 1660. The Morgan fingerprint density at radius 1 is 1.02 bits per heavy atom. The summed E-state index contributed by atoms with van der Waals surface area (Å²) in [5, 5.41) is 53.1. The molecule has 8 atom stereocenters. The number of aliphatic carboxylic acids is 1. The quantitative estimate of drug-likeness (QED) is 0.172. The maximum absolute atomic E-state index is 13.3. The number of carbonyl (C=O) groups is 4. The molecule has 0 aromatic heterocycles. The van der Waals surface area contributed by atoms with E-state index in [4.69, 9.17) is 24.1 Å². The summed E-state index contributed by atoms with van der Waals surface area (Å²) in [7, 11) is 1.95. The number of rotatable bonds is 10. The van der Waals surface area contributed by atoms with Gasteiger partial charge in [-0.05, 0) is 51.4 Å². The van der Waals surface area contributed by atoms with E-state index in [2.05, 4.69) is 4.90 Å². The molecule has 0 saturated carbocycles. The highest BCUT2D eigenvalue weighted by Crippen LogP contribution is 2.64. The summed E-state index contributed by atoms with van der Waals surface area (Å²) in [4.78, 5) is 52.4. The molecule has 2 bridgehead atoms. The molecule has 2 heterocycles.